The molecule has 0 saturated heterocycles. The van der Waals surface area contributed by atoms with Gasteiger partial charge in [-0.1, -0.05) is 58.5 Å². The van der Waals surface area contributed by atoms with Crippen molar-refractivity contribution in [1.29, 1.82) is 0 Å². The zero-order valence-electron chi connectivity index (χ0n) is 11.2. The van der Waals surface area contributed by atoms with Crippen molar-refractivity contribution in [3.05, 3.63) is 54.0 Å². The second-order valence-corrected chi connectivity index (χ2v) is 3.94. The third-order valence-electron chi connectivity index (χ3n) is 1.42. The van der Waals surface area contributed by atoms with E-state index in [0.717, 1.165) is 0 Å². The molecule has 16 heavy (non-hydrogen) atoms. The Hall–Kier alpha value is -0.950. The van der Waals surface area contributed by atoms with Gasteiger partial charge in [0.15, 0.2) is 4.90 Å². The fourth-order valence-corrected chi connectivity index (χ4v) is 1.82. The molecule has 0 fully saturated rings. The molecular weight excluding hydrogens is 212 g/mol. The zero-order valence-corrected chi connectivity index (χ0v) is 12.1. The van der Waals surface area contributed by atoms with Crippen LogP contribution in [0.2, 0.25) is 0 Å². The number of rotatable bonds is 3. The minimum atomic E-state index is 1.27. The molecule has 1 aromatic rings. The summed E-state index contributed by atoms with van der Waals surface area (Å²) in [6.45, 7) is 13.8. The highest BCUT2D eigenvalue weighted by atomic mass is 32.2. The maximum absolute atomic E-state index is 3.66. The summed E-state index contributed by atoms with van der Waals surface area (Å²) in [6.07, 6.45) is 3.86. The molecule has 0 radical (unpaired) electrons. The first kappa shape index (κ1) is 17.4. The summed E-state index contributed by atoms with van der Waals surface area (Å²) in [4.78, 5) is 2.64. The Kier molecular flexibility index (Phi) is 15.3. The van der Waals surface area contributed by atoms with Crippen LogP contribution in [-0.4, -0.2) is 0 Å². The van der Waals surface area contributed by atoms with E-state index >= 15 is 0 Å². The van der Waals surface area contributed by atoms with Crippen LogP contribution in [0.4, 0.5) is 0 Å². The van der Waals surface area contributed by atoms with Crippen LogP contribution in [0.15, 0.2) is 58.9 Å². The van der Waals surface area contributed by atoms with Crippen LogP contribution in [-0.2, 0) is 11.8 Å². The fourth-order valence-electron chi connectivity index (χ4n) is 0.914. The third-order valence-corrected chi connectivity index (χ3v) is 2.48. The Morgan fingerprint density at radius 3 is 2.00 bits per heavy atom. The van der Waals surface area contributed by atoms with Crippen LogP contribution in [0.5, 0.6) is 0 Å². The number of benzene rings is 1. The van der Waals surface area contributed by atoms with Crippen LogP contribution >= 0.6 is 0 Å². The molecule has 0 atom stereocenters. The molecule has 1 aromatic carbocycles. The van der Waals surface area contributed by atoms with Gasteiger partial charge in [0, 0.05) is 18.7 Å². The summed E-state index contributed by atoms with van der Waals surface area (Å²) < 4.78 is 0. The van der Waals surface area contributed by atoms with Crippen molar-refractivity contribution in [3.8, 4) is 0 Å². The maximum Gasteiger partial charge on any atom is 0.157 e. The van der Waals surface area contributed by atoms with E-state index in [1.165, 1.54) is 21.6 Å². The number of thiol groups is 1. The lowest BCUT2D eigenvalue weighted by atomic mass is 10.4. The van der Waals surface area contributed by atoms with E-state index in [4.69, 9.17) is 0 Å². The smallest absolute Gasteiger partial charge is 0.0989 e. The minimum absolute atomic E-state index is 1.27. The number of hydrogen-bond acceptors (Lipinski definition) is 0. The normalized spacial score (nSPS) is 9.19. The van der Waals surface area contributed by atoms with Crippen molar-refractivity contribution in [2.24, 2.45) is 0 Å². The Morgan fingerprint density at radius 1 is 1.06 bits per heavy atom. The summed E-state index contributed by atoms with van der Waals surface area (Å²) in [7, 11) is 0. The Bertz CT molecular complexity index is 273. The van der Waals surface area contributed by atoms with Crippen LogP contribution in [0.3, 0.4) is 0 Å². The van der Waals surface area contributed by atoms with Gasteiger partial charge < -0.3 is 0 Å². The summed E-state index contributed by atoms with van der Waals surface area (Å²) in [5, 5.41) is 0. The van der Waals surface area contributed by atoms with E-state index in [1.807, 2.05) is 45.9 Å². The molecule has 90 valence electrons. The first-order valence-electron chi connectivity index (χ1n) is 5.89. The summed E-state index contributed by atoms with van der Waals surface area (Å²) in [6, 6.07) is 10.4. The van der Waals surface area contributed by atoms with Gasteiger partial charge in [-0.3, -0.25) is 0 Å². The molecule has 0 aromatic heterocycles. The highest BCUT2D eigenvalue weighted by molar-refractivity contribution is 7.82. The zero-order chi connectivity index (χ0) is 12.8. The van der Waals surface area contributed by atoms with Gasteiger partial charge in [0.2, 0.25) is 0 Å². The Morgan fingerprint density at radius 2 is 1.56 bits per heavy atom. The van der Waals surface area contributed by atoms with Crippen molar-refractivity contribution >= 4 is 11.8 Å². The topological polar surface area (TPSA) is 0 Å². The third kappa shape index (κ3) is 9.60. The van der Waals surface area contributed by atoms with E-state index in [2.05, 4.69) is 37.8 Å². The number of hydrogen-bond donors (Lipinski definition) is 0. The van der Waals surface area contributed by atoms with Crippen molar-refractivity contribution in [2.75, 3.05) is 0 Å². The van der Waals surface area contributed by atoms with E-state index in [0.29, 0.717) is 0 Å². The molecule has 0 aliphatic rings. The van der Waals surface area contributed by atoms with Gasteiger partial charge in [-0.05, 0) is 18.2 Å². The lowest BCUT2D eigenvalue weighted by Crippen LogP contribution is -1.82. The highest BCUT2D eigenvalue weighted by Gasteiger charge is 2.02. The summed E-state index contributed by atoms with van der Waals surface area (Å²) >= 11 is 1.27. The average molecular weight is 237 g/mol. The first-order valence-corrected chi connectivity index (χ1v) is 6.78. The second kappa shape index (κ2) is 14.1. The van der Waals surface area contributed by atoms with Crippen LogP contribution in [0.1, 0.15) is 34.6 Å². The molecule has 0 heterocycles. The summed E-state index contributed by atoms with van der Waals surface area (Å²) in [5.74, 6) is 0. The monoisotopic (exact) mass is 237 g/mol. The molecule has 0 N–H and O–H groups in total. The predicted octanol–water partition coefficient (Wildman–Crippen LogP) is 5.00. The molecule has 0 bridgehead atoms. The van der Waals surface area contributed by atoms with E-state index in [1.54, 1.807) is 0 Å². The van der Waals surface area contributed by atoms with Gasteiger partial charge >= 0.3 is 0 Å². The second-order valence-electron chi connectivity index (χ2n) is 2.49. The standard InChI is InChI=1S/C11H12S.2C2H6/c1-3-7-10(2)12-11-8-5-4-6-9-11;2*1-2/h3-9H,1H2,2H3;2*1-2H3/p+1/b10-7+;;. The summed E-state index contributed by atoms with van der Waals surface area (Å²) in [5.41, 5.74) is 0. The molecule has 0 aliphatic carbocycles. The lowest BCUT2D eigenvalue weighted by molar-refractivity contribution is 1.46. The lowest BCUT2D eigenvalue weighted by Gasteiger charge is -1.89. The first-order chi connectivity index (χ1) is 7.83. The van der Waals surface area contributed by atoms with Crippen molar-refractivity contribution in [1.82, 2.24) is 0 Å². The minimum Gasteiger partial charge on any atom is -0.0989 e. The molecule has 0 amide bonds. The number of allylic oxidation sites excluding steroid dienone is 3. The highest BCUT2D eigenvalue weighted by Crippen LogP contribution is 2.08. The molecule has 0 nitrogen and oxygen atoms in total. The van der Waals surface area contributed by atoms with E-state index in [9.17, 15) is 0 Å². The molecule has 1 heteroatoms. The van der Waals surface area contributed by atoms with Gasteiger partial charge in [0.05, 0.1) is 0 Å². The fraction of sp³-hybridized carbons (Fsp3) is 0.333. The van der Waals surface area contributed by atoms with E-state index in [-0.39, 0.29) is 0 Å². The molecular formula is C15H25S+. The van der Waals surface area contributed by atoms with Gasteiger partial charge in [-0.25, -0.2) is 0 Å². The maximum atomic E-state index is 3.66. The molecule has 0 unspecified atom stereocenters. The average Bonchev–Trinajstić information content (AvgIpc) is 2.36. The van der Waals surface area contributed by atoms with Gasteiger partial charge in [0.1, 0.15) is 4.91 Å². The van der Waals surface area contributed by atoms with Crippen LogP contribution in [0, 0.1) is 0 Å². The largest absolute Gasteiger partial charge is 0.157 e. The Labute approximate surface area is 105 Å². The Balaban J connectivity index is 0. The van der Waals surface area contributed by atoms with Crippen molar-refractivity contribution in [3.63, 3.8) is 0 Å². The predicted molar refractivity (Wildman–Crippen MR) is 80.1 cm³/mol. The van der Waals surface area contributed by atoms with Crippen LogP contribution in [0.25, 0.3) is 0 Å². The molecule has 0 aliphatic heterocycles. The molecule has 1 rings (SSSR count). The van der Waals surface area contributed by atoms with Gasteiger partial charge in [-0.2, -0.15) is 0 Å². The van der Waals surface area contributed by atoms with Crippen molar-refractivity contribution < 1.29 is 0 Å². The quantitative estimate of drug-likeness (QED) is 0.394. The SMILES string of the molecule is C=C/C=C(\C)[SH+]c1ccccc1.CC.CC. The van der Waals surface area contributed by atoms with Gasteiger partial charge in [0.25, 0.3) is 0 Å². The van der Waals surface area contributed by atoms with Gasteiger partial charge in [-0.15, -0.1) is 0 Å². The van der Waals surface area contributed by atoms with Crippen LogP contribution < -0.4 is 0 Å². The van der Waals surface area contributed by atoms with Crippen molar-refractivity contribution in [2.45, 2.75) is 39.5 Å². The van der Waals surface area contributed by atoms with E-state index < -0.39 is 0 Å². The molecule has 0 saturated carbocycles. The molecule has 0 spiro atoms.